The van der Waals surface area contributed by atoms with Crippen LogP contribution in [0.15, 0.2) is 48.5 Å². The molecule has 2 heterocycles. The first kappa shape index (κ1) is 24.9. The summed E-state index contributed by atoms with van der Waals surface area (Å²) in [6.45, 7) is 9.55. The van der Waals surface area contributed by atoms with Crippen molar-refractivity contribution in [3.8, 4) is 0 Å². The molecule has 2 aromatic carbocycles. The lowest BCUT2D eigenvalue weighted by molar-refractivity contribution is -0.128. The van der Waals surface area contributed by atoms with Gasteiger partial charge in [0.2, 0.25) is 5.91 Å². The highest BCUT2D eigenvalue weighted by atomic mass is 16.5. The summed E-state index contributed by atoms with van der Waals surface area (Å²) in [6, 6.07) is 14.3. The molecule has 7 nitrogen and oxygen atoms in total. The van der Waals surface area contributed by atoms with Crippen LogP contribution in [-0.2, 0) is 9.53 Å². The fraction of sp³-hybridized carbons (Fsp3) is 0.464. The van der Waals surface area contributed by atoms with Gasteiger partial charge in [0.15, 0.2) is 0 Å². The molecule has 0 unspecified atom stereocenters. The van der Waals surface area contributed by atoms with Gasteiger partial charge in [-0.3, -0.25) is 19.3 Å². The number of piperidine rings is 1. The van der Waals surface area contributed by atoms with E-state index in [0.29, 0.717) is 49.5 Å². The van der Waals surface area contributed by atoms with Crippen LogP contribution in [0.25, 0.3) is 0 Å². The molecule has 0 aliphatic carbocycles. The van der Waals surface area contributed by atoms with E-state index in [9.17, 15) is 14.4 Å². The molecule has 1 N–H and O–H groups in total. The third-order valence-electron chi connectivity index (χ3n) is 6.83. The molecule has 35 heavy (non-hydrogen) atoms. The number of amides is 3. The molecule has 2 aliphatic rings. The van der Waals surface area contributed by atoms with Crippen molar-refractivity contribution in [1.29, 1.82) is 0 Å². The Labute approximate surface area is 207 Å². The fourth-order valence-corrected chi connectivity index (χ4v) is 4.93. The molecule has 4 rings (SSSR count). The minimum Gasteiger partial charge on any atom is -0.354 e. The summed E-state index contributed by atoms with van der Waals surface area (Å²) < 4.78 is 6.27. The number of ether oxygens (including phenoxy) is 1. The number of carbonyl (C=O) groups is 3. The Balaban J connectivity index is 1.57. The van der Waals surface area contributed by atoms with E-state index in [-0.39, 0.29) is 24.3 Å². The zero-order valence-corrected chi connectivity index (χ0v) is 21.0. The van der Waals surface area contributed by atoms with E-state index in [1.165, 1.54) is 0 Å². The Hall–Kier alpha value is -3.19. The molecule has 2 aliphatic heterocycles. The van der Waals surface area contributed by atoms with E-state index < -0.39 is 11.8 Å². The van der Waals surface area contributed by atoms with Crippen molar-refractivity contribution in [3.05, 3.63) is 70.8 Å². The number of nitrogens with one attached hydrogen (secondary N) is 1. The van der Waals surface area contributed by atoms with E-state index in [1.54, 1.807) is 11.0 Å². The van der Waals surface area contributed by atoms with E-state index in [4.69, 9.17) is 4.74 Å². The van der Waals surface area contributed by atoms with Gasteiger partial charge in [0, 0.05) is 43.6 Å². The third kappa shape index (κ3) is 5.25. The summed E-state index contributed by atoms with van der Waals surface area (Å²) >= 11 is 0. The number of hydrogen-bond acceptors (Lipinski definition) is 4. The van der Waals surface area contributed by atoms with Crippen molar-refractivity contribution < 1.29 is 19.1 Å². The van der Waals surface area contributed by atoms with Crippen LogP contribution in [0.3, 0.4) is 0 Å². The van der Waals surface area contributed by atoms with Crippen LogP contribution >= 0.6 is 0 Å². The Bertz CT molecular complexity index is 1100. The highest BCUT2D eigenvalue weighted by Gasteiger charge is 2.54. The standard InChI is InChI=1S/C28H35N3O4/c1-19(2)17-29-25(32)24-18-35-28(31(24)27(34)23-10-6-8-21(4)16-23)11-13-30(14-12-28)26(33)22-9-5-7-20(3)15-22/h5-10,15-16,19,24H,11-14,17-18H2,1-4H3,(H,29,32)/t24-/m0/s1. The SMILES string of the molecule is Cc1cccc(C(=O)N2CCC3(CC2)OC[C@@H](C(=O)NCC(C)C)N3C(=O)c2cccc(C)c2)c1. The second-order valence-electron chi connectivity index (χ2n) is 10.1. The van der Waals surface area contributed by atoms with E-state index >= 15 is 0 Å². The van der Waals surface area contributed by atoms with Crippen LogP contribution in [0, 0.1) is 19.8 Å². The molecule has 1 atom stereocenters. The van der Waals surface area contributed by atoms with E-state index in [1.807, 2.05) is 75.1 Å². The molecule has 7 heteroatoms. The number of likely N-dealkylation sites (tertiary alicyclic amines) is 1. The predicted octanol–water partition coefficient (Wildman–Crippen LogP) is 3.55. The van der Waals surface area contributed by atoms with Gasteiger partial charge in [-0.15, -0.1) is 0 Å². The van der Waals surface area contributed by atoms with Gasteiger partial charge in [0.1, 0.15) is 11.8 Å². The first-order chi connectivity index (χ1) is 16.7. The molecule has 2 fully saturated rings. The normalized spacial score (nSPS) is 19.3. The lowest BCUT2D eigenvalue weighted by atomic mass is 9.95. The quantitative estimate of drug-likeness (QED) is 0.714. The zero-order chi connectivity index (χ0) is 25.2. The van der Waals surface area contributed by atoms with E-state index in [0.717, 1.165) is 11.1 Å². The minimum absolute atomic E-state index is 0.0238. The summed E-state index contributed by atoms with van der Waals surface area (Å²) in [5.74, 6) is -0.138. The van der Waals surface area contributed by atoms with Crippen molar-refractivity contribution in [2.24, 2.45) is 5.92 Å². The Morgan fingerprint density at radius 3 is 2.09 bits per heavy atom. The van der Waals surface area contributed by atoms with Gasteiger partial charge in [-0.2, -0.15) is 0 Å². The molecule has 1 spiro atoms. The largest absolute Gasteiger partial charge is 0.354 e. The summed E-state index contributed by atoms with van der Waals surface area (Å²) in [5, 5.41) is 2.97. The molecule has 2 saturated heterocycles. The molecule has 186 valence electrons. The number of rotatable bonds is 5. The van der Waals surface area contributed by atoms with Crippen LogP contribution in [0.5, 0.6) is 0 Å². The minimum atomic E-state index is -0.913. The average molecular weight is 478 g/mol. The molecule has 3 amide bonds. The van der Waals surface area contributed by atoms with Crippen molar-refractivity contribution >= 4 is 17.7 Å². The highest BCUT2D eigenvalue weighted by molar-refractivity contribution is 5.99. The number of carbonyl (C=O) groups excluding carboxylic acids is 3. The molecule has 0 radical (unpaired) electrons. The molecule has 2 aromatic rings. The highest BCUT2D eigenvalue weighted by Crippen LogP contribution is 2.39. The summed E-state index contributed by atoms with van der Waals surface area (Å²) in [5.41, 5.74) is 2.30. The van der Waals surface area contributed by atoms with Gasteiger partial charge >= 0.3 is 0 Å². The molecular weight excluding hydrogens is 442 g/mol. The van der Waals surface area contributed by atoms with Gasteiger partial charge in [-0.25, -0.2) is 0 Å². The lowest BCUT2D eigenvalue weighted by Crippen LogP contribution is -2.60. The smallest absolute Gasteiger partial charge is 0.256 e. The van der Waals surface area contributed by atoms with Crippen molar-refractivity contribution in [2.75, 3.05) is 26.2 Å². The van der Waals surface area contributed by atoms with Crippen LogP contribution in [0.2, 0.25) is 0 Å². The average Bonchev–Trinajstić information content (AvgIpc) is 3.20. The van der Waals surface area contributed by atoms with Gasteiger partial charge in [0.05, 0.1) is 6.61 Å². The third-order valence-corrected chi connectivity index (χ3v) is 6.83. The Morgan fingerprint density at radius 2 is 1.54 bits per heavy atom. The molecule has 0 aromatic heterocycles. The second kappa shape index (κ2) is 10.2. The number of benzene rings is 2. The number of aryl methyl sites for hydroxylation is 2. The van der Waals surface area contributed by atoms with Crippen molar-refractivity contribution in [2.45, 2.75) is 52.3 Å². The Kier molecular flexibility index (Phi) is 7.26. The summed E-state index contributed by atoms with van der Waals surface area (Å²) in [4.78, 5) is 43.5. The summed E-state index contributed by atoms with van der Waals surface area (Å²) in [6.07, 6.45) is 0.909. The molecule has 0 bridgehead atoms. The second-order valence-corrected chi connectivity index (χ2v) is 10.1. The fourth-order valence-electron chi connectivity index (χ4n) is 4.93. The maximum atomic E-state index is 13.8. The number of hydrogen-bond donors (Lipinski definition) is 1. The topological polar surface area (TPSA) is 79.0 Å². The van der Waals surface area contributed by atoms with Crippen LogP contribution in [0.1, 0.15) is 58.5 Å². The maximum absolute atomic E-state index is 13.8. The van der Waals surface area contributed by atoms with Crippen LogP contribution in [-0.4, -0.2) is 65.5 Å². The predicted molar refractivity (Wildman–Crippen MR) is 134 cm³/mol. The van der Waals surface area contributed by atoms with Gasteiger partial charge in [-0.1, -0.05) is 49.2 Å². The van der Waals surface area contributed by atoms with E-state index in [2.05, 4.69) is 5.32 Å². The monoisotopic (exact) mass is 477 g/mol. The van der Waals surface area contributed by atoms with Gasteiger partial charge < -0.3 is 15.0 Å². The molecular formula is C28H35N3O4. The number of nitrogens with zero attached hydrogens (tertiary/aromatic N) is 2. The first-order valence-electron chi connectivity index (χ1n) is 12.4. The van der Waals surface area contributed by atoms with Crippen LogP contribution in [0.4, 0.5) is 0 Å². The molecule has 0 saturated carbocycles. The zero-order valence-electron chi connectivity index (χ0n) is 21.0. The maximum Gasteiger partial charge on any atom is 0.256 e. The van der Waals surface area contributed by atoms with Crippen LogP contribution < -0.4 is 5.32 Å². The Morgan fingerprint density at radius 1 is 0.971 bits per heavy atom. The first-order valence-corrected chi connectivity index (χ1v) is 12.4. The lowest BCUT2D eigenvalue weighted by Gasteiger charge is -2.44. The van der Waals surface area contributed by atoms with Crippen molar-refractivity contribution in [3.63, 3.8) is 0 Å². The van der Waals surface area contributed by atoms with Gasteiger partial charge in [0.25, 0.3) is 11.8 Å². The van der Waals surface area contributed by atoms with Gasteiger partial charge in [-0.05, 0) is 44.0 Å². The van der Waals surface area contributed by atoms with Crippen molar-refractivity contribution in [1.82, 2.24) is 15.1 Å². The summed E-state index contributed by atoms with van der Waals surface area (Å²) in [7, 11) is 0.